The molecule has 0 amide bonds. The Balaban J connectivity index is 1.37. The van der Waals surface area contributed by atoms with Crippen molar-refractivity contribution in [1.29, 1.82) is 0 Å². The fourth-order valence-corrected chi connectivity index (χ4v) is 5.07. The van der Waals surface area contributed by atoms with Crippen LogP contribution in [0.15, 0.2) is 140 Å². The maximum Gasteiger partial charge on any atom is 0.104 e. The first kappa shape index (κ1) is 23.3. The standard InChI is InChI=1S/C34H27ClN2/c35-31-16-8-14-29(22-31)28-13-7-15-30(21-28)33-23-32(36-34(37-33)27-11-5-2-6-12-27)26-19-17-25(18-20-26)24-9-3-1-4-10-24/h1-23,32,34,36-37H. The number of rotatable bonds is 5. The Labute approximate surface area is 223 Å². The lowest BCUT2D eigenvalue weighted by Gasteiger charge is -2.33. The molecule has 2 atom stereocenters. The Morgan fingerprint density at radius 1 is 0.486 bits per heavy atom. The number of hydrogen-bond donors (Lipinski definition) is 2. The van der Waals surface area contributed by atoms with E-state index in [0.29, 0.717) is 0 Å². The van der Waals surface area contributed by atoms with E-state index in [1.54, 1.807) is 0 Å². The number of benzene rings is 5. The predicted octanol–water partition coefficient (Wildman–Crippen LogP) is 8.65. The third kappa shape index (κ3) is 5.22. The van der Waals surface area contributed by atoms with Crippen molar-refractivity contribution in [1.82, 2.24) is 10.6 Å². The van der Waals surface area contributed by atoms with Crippen molar-refractivity contribution in [3.63, 3.8) is 0 Å². The second kappa shape index (κ2) is 10.5. The minimum atomic E-state index is -0.0187. The van der Waals surface area contributed by atoms with Crippen molar-refractivity contribution in [3.8, 4) is 22.3 Å². The van der Waals surface area contributed by atoms with Crippen molar-refractivity contribution in [2.75, 3.05) is 0 Å². The lowest BCUT2D eigenvalue weighted by Crippen LogP contribution is -2.39. The normalized spacial score (nSPS) is 17.1. The fourth-order valence-electron chi connectivity index (χ4n) is 4.88. The van der Waals surface area contributed by atoms with Crippen LogP contribution in [-0.4, -0.2) is 0 Å². The molecule has 0 aliphatic carbocycles. The fraction of sp³-hybridized carbons (Fsp3) is 0.0588. The lowest BCUT2D eigenvalue weighted by atomic mass is 9.95. The molecule has 0 fully saturated rings. The summed E-state index contributed by atoms with van der Waals surface area (Å²) in [6, 6.07) is 46.6. The molecule has 0 radical (unpaired) electrons. The molecular formula is C34H27ClN2. The highest BCUT2D eigenvalue weighted by molar-refractivity contribution is 6.30. The molecule has 37 heavy (non-hydrogen) atoms. The summed E-state index contributed by atoms with van der Waals surface area (Å²) in [5.41, 5.74) is 9.37. The van der Waals surface area contributed by atoms with E-state index in [-0.39, 0.29) is 12.2 Å². The van der Waals surface area contributed by atoms with Crippen molar-refractivity contribution >= 4 is 17.3 Å². The van der Waals surface area contributed by atoms with E-state index >= 15 is 0 Å². The summed E-state index contributed by atoms with van der Waals surface area (Å²) < 4.78 is 0. The minimum Gasteiger partial charge on any atom is -0.366 e. The summed E-state index contributed by atoms with van der Waals surface area (Å²) in [7, 11) is 0. The van der Waals surface area contributed by atoms with E-state index < -0.39 is 0 Å². The van der Waals surface area contributed by atoms with Crippen molar-refractivity contribution in [3.05, 3.63) is 161 Å². The van der Waals surface area contributed by atoms with E-state index in [2.05, 4.69) is 126 Å². The SMILES string of the molecule is Clc1cccc(-c2cccc(C3=CC(c4ccc(-c5ccccc5)cc4)NC(c4ccccc4)N3)c2)c1. The van der Waals surface area contributed by atoms with E-state index in [9.17, 15) is 0 Å². The van der Waals surface area contributed by atoms with E-state index in [0.717, 1.165) is 27.4 Å². The average Bonchev–Trinajstić information content (AvgIpc) is 2.98. The highest BCUT2D eigenvalue weighted by Crippen LogP contribution is 2.32. The van der Waals surface area contributed by atoms with Crippen LogP contribution < -0.4 is 10.6 Å². The molecular weight excluding hydrogens is 472 g/mol. The first-order valence-electron chi connectivity index (χ1n) is 12.5. The summed E-state index contributed by atoms with van der Waals surface area (Å²) in [5, 5.41) is 8.27. The Morgan fingerprint density at radius 3 is 1.81 bits per heavy atom. The van der Waals surface area contributed by atoms with Crippen LogP contribution >= 0.6 is 11.6 Å². The van der Waals surface area contributed by atoms with Gasteiger partial charge >= 0.3 is 0 Å². The average molecular weight is 499 g/mol. The molecule has 0 bridgehead atoms. The maximum absolute atomic E-state index is 6.28. The molecule has 1 aliphatic heterocycles. The quantitative estimate of drug-likeness (QED) is 0.253. The minimum absolute atomic E-state index is 0.0187. The molecule has 2 nitrogen and oxygen atoms in total. The number of hydrogen-bond acceptors (Lipinski definition) is 2. The molecule has 180 valence electrons. The van der Waals surface area contributed by atoms with Crippen molar-refractivity contribution < 1.29 is 0 Å². The second-order valence-corrected chi connectivity index (χ2v) is 9.73. The smallest absolute Gasteiger partial charge is 0.104 e. The van der Waals surface area contributed by atoms with Crippen LogP contribution in [0.1, 0.15) is 28.9 Å². The summed E-state index contributed by atoms with van der Waals surface area (Å²) in [6.45, 7) is 0. The molecule has 2 unspecified atom stereocenters. The van der Waals surface area contributed by atoms with Crippen LogP contribution in [0.25, 0.3) is 28.0 Å². The monoisotopic (exact) mass is 498 g/mol. The zero-order valence-corrected chi connectivity index (χ0v) is 21.1. The molecule has 1 aliphatic rings. The van der Waals surface area contributed by atoms with Gasteiger partial charge in [0.15, 0.2) is 0 Å². The van der Waals surface area contributed by atoms with Gasteiger partial charge in [0.05, 0.1) is 6.04 Å². The lowest BCUT2D eigenvalue weighted by molar-refractivity contribution is 0.443. The molecule has 0 spiro atoms. The van der Waals surface area contributed by atoms with E-state index in [1.807, 2.05) is 24.3 Å². The zero-order chi connectivity index (χ0) is 25.0. The Hall–Kier alpha value is -4.11. The molecule has 5 aromatic rings. The summed E-state index contributed by atoms with van der Waals surface area (Å²) in [4.78, 5) is 0. The third-order valence-corrected chi connectivity index (χ3v) is 7.06. The summed E-state index contributed by atoms with van der Waals surface area (Å²) in [6.07, 6.45) is 2.27. The summed E-state index contributed by atoms with van der Waals surface area (Å²) in [5.74, 6) is 0. The molecule has 5 aromatic carbocycles. The van der Waals surface area contributed by atoms with E-state index in [1.165, 1.54) is 22.3 Å². The molecule has 3 heteroatoms. The van der Waals surface area contributed by atoms with E-state index in [4.69, 9.17) is 11.6 Å². The first-order valence-corrected chi connectivity index (χ1v) is 12.9. The Kier molecular flexibility index (Phi) is 6.60. The van der Waals surface area contributed by atoms with Crippen LogP contribution in [0.5, 0.6) is 0 Å². The molecule has 2 N–H and O–H groups in total. The molecule has 0 aromatic heterocycles. The molecule has 0 saturated heterocycles. The zero-order valence-electron chi connectivity index (χ0n) is 20.3. The van der Waals surface area contributed by atoms with Gasteiger partial charge in [0, 0.05) is 10.7 Å². The Morgan fingerprint density at radius 2 is 1.08 bits per heavy atom. The largest absolute Gasteiger partial charge is 0.366 e. The van der Waals surface area contributed by atoms with Gasteiger partial charge in [-0.1, -0.05) is 127 Å². The van der Waals surface area contributed by atoms with Crippen LogP contribution in [0, 0.1) is 0 Å². The summed E-state index contributed by atoms with van der Waals surface area (Å²) >= 11 is 6.28. The van der Waals surface area contributed by atoms with Gasteiger partial charge in [-0.2, -0.15) is 0 Å². The predicted molar refractivity (Wildman–Crippen MR) is 155 cm³/mol. The van der Waals surface area contributed by atoms with Gasteiger partial charge in [-0.15, -0.1) is 0 Å². The number of halogens is 1. The Bertz CT molecular complexity index is 1530. The van der Waals surface area contributed by atoms with Gasteiger partial charge < -0.3 is 5.32 Å². The van der Waals surface area contributed by atoms with Gasteiger partial charge in [-0.05, 0) is 63.2 Å². The van der Waals surface area contributed by atoms with Crippen LogP contribution in [0.4, 0.5) is 0 Å². The molecule has 0 saturated carbocycles. The van der Waals surface area contributed by atoms with Gasteiger partial charge in [0.2, 0.25) is 0 Å². The van der Waals surface area contributed by atoms with Gasteiger partial charge in [-0.3, -0.25) is 5.32 Å². The van der Waals surface area contributed by atoms with Gasteiger partial charge in [-0.25, -0.2) is 0 Å². The van der Waals surface area contributed by atoms with Crippen molar-refractivity contribution in [2.24, 2.45) is 0 Å². The highest BCUT2D eigenvalue weighted by atomic mass is 35.5. The highest BCUT2D eigenvalue weighted by Gasteiger charge is 2.24. The maximum atomic E-state index is 6.28. The first-order chi connectivity index (χ1) is 18.2. The van der Waals surface area contributed by atoms with Crippen LogP contribution in [-0.2, 0) is 0 Å². The van der Waals surface area contributed by atoms with Crippen LogP contribution in [0.3, 0.4) is 0 Å². The third-order valence-electron chi connectivity index (χ3n) is 6.82. The number of nitrogens with one attached hydrogen (secondary N) is 2. The second-order valence-electron chi connectivity index (χ2n) is 9.29. The van der Waals surface area contributed by atoms with Gasteiger partial charge in [0.25, 0.3) is 0 Å². The van der Waals surface area contributed by atoms with Gasteiger partial charge in [0.1, 0.15) is 6.17 Å². The molecule has 1 heterocycles. The van der Waals surface area contributed by atoms with Crippen molar-refractivity contribution in [2.45, 2.75) is 12.2 Å². The molecule has 6 rings (SSSR count). The topological polar surface area (TPSA) is 24.1 Å². The van der Waals surface area contributed by atoms with Crippen LogP contribution in [0.2, 0.25) is 5.02 Å².